The molecule has 186 valence electrons. The van der Waals surface area contributed by atoms with Crippen molar-refractivity contribution in [2.24, 2.45) is 5.92 Å². The van der Waals surface area contributed by atoms with Gasteiger partial charge in [-0.2, -0.15) is 0 Å². The van der Waals surface area contributed by atoms with Gasteiger partial charge in [-0.1, -0.05) is 54.0 Å². The molecular weight excluding hydrogens is 518 g/mol. The Kier molecular flexibility index (Phi) is 9.70. The van der Waals surface area contributed by atoms with E-state index >= 15 is 0 Å². The van der Waals surface area contributed by atoms with E-state index in [1.54, 1.807) is 19.1 Å². The minimum Gasteiger partial charge on any atom is -0.354 e. The van der Waals surface area contributed by atoms with E-state index in [2.05, 4.69) is 21.2 Å². The molecule has 0 fully saturated rings. The van der Waals surface area contributed by atoms with Crippen molar-refractivity contribution < 1.29 is 18.0 Å². The normalized spacial score (nSPS) is 12.4. The number of carbonyl (C=O) groups excluding carboxylic acids is 2. The van der Waals surface area contributed by atoms with Gasteiger partial charge >= 0.3 is 0 Å². The number of halogens is 1. The summed E-state index contributed by atoms with van der Waals surface area (Å²) in [5, 5.41) is 2.87. The summed E-state index contributed by atoms with van der Waals surface area (Å²) in [5.74, 6) is -0.477. The number of amides is 2. The molecule has 0 aromatic heterocycles. The van der Waals surface area contributed by atoms with Crippen LogP contribution in [0.5, 0.6) is 0 Å². The predicted molar refractivity (Wildman–Crippen MR) is 140 cm³/mol. The maximum absolute atomic E-state index is 13.6. The van der Waals surface area contributed by atoms with Crippen molar-refractivity contribution in [1.29, 1.82) is 0 Å². The molecule has 2 aromatic carbocycles. The molecule has 0 radical (unpaired) electrons. The summed E-state index contributed by atoms with van der Waals surface area (Å²) in [4.78, 5) is 27.8. The Hall–Kier alpha value is -2.39. The summed E-state index contributed by atoms with van der Waals surface area (Å²) in [7, 11) is -3.75. The summed E-state index contributed by atoms with van der Waals surface area (Å²) in [6.07, 6.45) is 1.08. The van der Waals surface area contributed by atoms with Crippen LogP contribution in [0, 0.1) is 19.8 Å². The lowest BCUT2D eigenvalue weighted by molar-refractivity contribution is -0.139. The molecule has 9 heteroatoms. The van der Waals surface area contributed by atoms with Gasteiger partial charge in [-0.05, 0) is 61.6 Å². The molecule has 2 aromatic rings. The Bertz CT molecular complexity index is 1120. The number of anilines is 1. The maximum Gasteiger partial charge on any atom is 0.244 e. The van der Waals surface area contributed by atoms with E-state index in [0.717, 1.165) is 31.7 Å². The van der Waals surface area contributed by atoms with Crippen molar-refractivity contribution in [2.75, 3.05) is 23.7 Å². The van der Waals surface area contributed by atoms with Crippen LogP contribution in [-0.2, 0) is 26.2 Å². The minimum atomic E-state index is -3.75. The van der Waals surface area contributed by atoms with Crippen LogP contribution in [0.3, 0.4) is 0 Å². The average molecular weight is 553 g/mol. The van der Waals surface area contributed by atoms with Crippen LogP contribution in [0.25, 0.3) is 0 Å². The monoisotopic (exact) mass is 551 g/mol. The van der Waals surface area contributed by atoms with Gasteiger partial charge in [-0.3, -0.25) is 13.9 Å². The average Bonchev–Trinajstić information content (AvgIpc) is 2.76. The molecule has 0 heterocycles. The third-order valence-electron chi connectivity index (χ3n) is 5.64. The lowest BCUT2D eigenvalue weighted by Gasteiger charge is -2.32. The zero-order valence-corrected chi connectivity index (χ0v) is 23.0. The molecule has 1 atom stereocenters. The molecule has 0 aliphatic carbocycles. The van der Waals surface area contributed by atoms with Gasteiger partial charge in [0.25, 0.3) is 0 Å². The first-order valence-corrected chi connectivity index (χ1v) is 13.8. The van der Waals surface area contributed by atoms with Crippen molar-refractivity contribution in [3.8, 4) is 0 Å². The van der Waals surface area contributed by atoms with Crippen molar-refractivity contribution >= 4 is 43.5 Å². The number of sulfonamides is 1. The molecular formula is C25H34BrN3O4S. The Morgan fingerprint density at radius 1 is 1.03 bits per heavy atom. The molecule has 0 unspecified atom stereocenters. The first-order valence-electron chi connectivity index (χ1n) is 11.2. The summed E-state index contributed by atoms with van der Waals surface area (Å²) in [6.45, 7) is 9.62. The fraction of sp³-hybridized carbons (Fsp3) is 0.440. The van der Waals surface area contributed by atoms with E-state index < -0.39 is 28.5 Å². The summed E-state index contributed by atoms with van der Waals surface area (Å²) in [5.41, 5.74) is 2.99. The van der Waals surface area contributed by atoms with Crippen molar-refractivity contribution in [2.45, 2.75) is 47.2 Å². The molecule has 2 rings (SSSR count). The van der Waals surface area contributed by atoms with Gasteiger partial charge < -0.3 is 10.2 Å². The minimum absolute atomic E-state index is 0.173. The van der Waals surface area contributed by atoms with Gasteiger partial charge in [0, 0.05) is 17.6 Å². The van der Waals surface area contributed by atoms with Crippen LogP contribution < -0.4 is 9.62 Å². The molecule has 2 amide bonds. The molecule has 0 spiro atoms. The highest BCUT2D eigenvalue weighted by Crippen LogP contribution is 2.25. The van der Waals surface area contributed by atoms with Crippen molar-refractivity contribution in [3.05, 3.63) is 63.6 Å². The fourth-order valence-corrected chi connectivity index (χ4v) is 4.59. The maximum atomic E-state index is 13.6. The number of nitrogens with one attached hydrogen (secondary N) is 1. The Morgan fingerprint density at radius 2 is 1.65 bits per heavy atom. The van der Waals surface area contributed by atoms with E-state index in [1.165, 1.54) is 4.90 Å². The van der Waals surface area contributed by atoms with E-state index in [-0.39, 0.29) is 18.4 Å². The number of rotatable bonds is 10. The highest BCUT2D eigenvalue weighted by molar-refractivity contribution is 9.10. The largest absolute Gasteiger partial charge is 0.354 e. The van der Waals surface area contributed by atoms with Crippen LogP contribution in [0.1, 0.15) is 37.5 Å². The lowest BCUT2D eigenvalue weighted by Crippen LogP contribution is -2.51. The molecule has 7 nitrogen and oxygen atoms in total. The number of benzene rings is 2. The van der Waals surface area contributed by atoms with Gasteiger partial charge in [0.1, 0.15) is 12.6 Å². The highest BCUT2D eigenvalue weighted by Gasteiger charge is 2.30. The van der Waals surface area contributed by atoms with Gasteiger partial charge in [-0.15, -0.1) is 0 Å². The number of hydrogen-bond donors (Lipinski definition) is 1. The smallest absolute Gasteiger partial charge is 0.244 e. The third-order valence-corrected chi connectivity index (χ3v) is 7.30. The van der Waals surface area contributed by atoms with Crippen LogP contribution in [0.15, 0.2) is 46.9 Å². The second kappa shape index (κ2) is 11.8. The third kappa shape index (κ3) is 7.56. The zero-order chi connectivity index (χ0) is 25.6. The van der Waals surface area contributed by atoms with Crippen LogP contribution >= 0.6 is 15.9 Å². The lowest BCUT2D eigenvalue weighted by atomic mass is 10.1. The fourth-order valence-electron chi connectivity index (χ4n) is 3.42. The van der Waals surface area contributed by atoms with Gasteiger partial charge in [0.2, 0.25) is 21.8 Å². The van der Waals surface area contributed by atoms with Gasteiger partial charge in [0.05, 0.1) is 11.9 Å². The van der Waals surface area contributed by atoms with Crippen LogP contribution in [-0.4, -0.2) is 50.5 Å². The quantitative estimate of drug-likeness (QED) is 0.483. The second-order valence-corrected chi connectivity index (χ2v) is 11.8. The molecule has 1 N–H and O–H groups in total. The first kappa shape index (κ1) is 27.9. The Balaban J connectivity index is 2.40. The Morgan fingerprint density at radius 3 is 2.21 bits per heavy atom. The first-order chi connectivity index (χ1) is 15.8. The topological polar surface area (TPSA) is 86.8 Å². The van der Waals surface area contributed by atoms with Crippen molar-refractivity contribution in [1.82, 2.24) is 10.2 Å². The van der Waals surface area contributed by atoms with E-state index in [1.807, 2.05) is 58.0 Å². The Labute approximate surface area is 211 Å². The number of carbonyl (C=O) groups is 2. The zero-order valence-electron chi connectivity index (χ0n) is 20.6. The summed E-state index contributed by atoms with van der Waals surface area (Å²) < 4.78 is 27.4. The molecule has 0 bridgehead atoms. The second-order valence-electron chi connectivity index (χ2n) is 8.95. The SMILES string of the molecule is Cc1cccc(N(CC(=O)N(Cc2ccc(Br)cc2)[C@H](C)C(=O)NCC(C)C)S(C)(=O)=O)c1C. The van der Waals surface area contributed by atoms with E-state index in [9.17, 15) is 18.0 Å². The van der Waals surface area contributed by atoms with Crippen molar-refractivity contribution in [3.63, 3.8) is 0 Å². The molecule has 0 saturated heterocycles. The molecule has 34 heavy (non-hydrogen) atoms. The van der Waals surface area contributed by atoms with Gasteiger partial charge in [0.15, 0.2) is 0 Å². The van der Waals surface area contributed by atoms with Gasteiger partial charge in [-0.25, -0.2) is 8.42 Å². The summed E-state index contributed by atoms with van der Waals surface area (Å²) >= 11 is 3.40. The van der Waals surface area contributed by atoms with E-state index in [0.29, 0.717) is 12.2 Å². The molecule has 0 aliphatic rings. The molecule has 0 aliphatic heterocycles. The van der Waals surface area contributed by atoms with E-state index in [4.69, 9.17) is 0 Å². The predicted octanol–water partition coefficient (Wildman–Crippen LogP) is 4.02. The van der Waals surface area contributed by atoms with Crippen LogP contribution in [0.4, 0.5) is 5.69 Å². The van der Waals surface area contributed by atoms with Crippen LogP contribution in [0.2, 0.25) is 0 Å². The molecule has 0 saturated carbocycles. The highest BCUT2D eigenvalue weighted by atomic mass is 79.9. The standard InChI is InChI=1S/C25H34BrN3O4S/c1-17(2)14-27-25(31)20(5)28(15-21-10-12-22(26)13-11-21)24(30)16-29(34(6,32)33)23-9-7-8-18(3)19(23)4/h7-13,17,20H,14-16H2,1-6H3,(H,27,31)/t20-/m1/s1. The number of nitrogens with zero attached hydrogens (tertiary/aromatic N) is 2. The number of hydrogen-bond acceptors (Lipinski definition) is 4. The number of aryl methyl sites for hydroxylation is 1. The summed E-state index contributed by atoms with van der Waals surface area (Å²) in [6, 6.07) is 12.0.